The first-order valence-electron chi connectivity index (χ1n) is 6.34. The van der Waals surface area contributed by atoms with Crippen molar-refractivity contribution in [2.45, 2.75) is 51.0 Å². The minimum Gasteiger partial charge on any atom is -0.330 e. The maximum atomic E-state index is 5.67. The van der Waals surface area contributed by atoms with Gasteiger partial charge in [-0.15, -0.1) is 0 Å². The first-order valence-corrected chi connectivity index (χ1v) is 6.34. The SMILES string of the molecule is NCCC1CCCCN1CC1CCC1. The summed E-state index contributed by atoms with van der Waals surface area (Å²) < 4.78 is 0. The van der Waals surface area contributed by atoms with Crippen molar-refractivity contribution in [3.8, 4) is 0 Å². The summed E-state index contributed by atoms with van der Waals surface area (Å²) in [5.41, 5.74) is 5.67. The Bertz CT molecular complexity index is 164. The molecule has 1 aliphatic heterocycles. The molecule has 2 nitrogen and oxygen atoms in total. The van der Waals surface area contributed by atoms with Gasteiger partial charge in [-0.3, -0.25) is 0 Å². The molecule has 0 aromatic carbocycles. The molecule has 1 saturated carbocycles. The number of piperidine rings is 1. The number of likely N-dealkylation sites (tertiary alicyclic amines) is 1. The molecule has 1 heterocycles. The quantitative estimate of drug-likeness (QED) is 0.745. The van der Waals surface area contributed by atoms with E-state index in [1.807, 2.05) is 0 Å². The van der Waals surface area contributed by atoms with Crippen LogP contribution in [0, 0.1) is 5.92 Å². The second-order valence-corrected chi connectivity index (χ2v) is 5.02. The van der Waals surface area contributed by atoms with Crippen molar-refractivity contribution >= 4 is 0 Å². The summed E-state index contributed by atoms with van der Waals surface area (Å²) in [4.78, 5) is 2.72. The third-order valence-corrected chi connectivity index (χ3v) is 3.97. The summed E-state index contributed by atoms with van der Waals surface area (Å²) in [6.45, 7) is 3.57. The van der Waals surface area contributed by atoms with Gasteiger partial charge in [0.2, 0.25) is 0 Å². The van der Waals surface area contributed by atoms with Crippen LogP contribution < -0.4 is 5.73 Å². The van der Waals surface area contributed by atoms with Crippen LogP contribution in [0.5, 0.6) is 0 Å². The van der Waals surface area contributed by atoms with Crippen molar-refractivity contribution < 1.29 is 0 Å². The Morgan fingerprint density at radius 3 is 2.57 bits per heavy atom. The molecule has 0 aromatic rings. The molecule has 0 bridgehead atoms. The smallest absolute Gasteiger partial charge is 0.0107 e. The van der Waals surface area contributed by atoms with Crippen molar-refractivity contribution in [1.82, 2.24) is 4.90 Å². The van der Waals surface area contributed by atoms with Crippen LogP contribution in [0.3, 0.4) is 0 Å². The molecule has 82 valence electrons. The Morgan fingerprint density at radius 2 is 1.93 bits per heavy atom. The summed E-state index contributed by atoms with van der Waals surface area (Å²) in [5, 5.41) is 0. The van der Waals surface area contributed by atoms with Gasteiger partial charge < -0.3 is 10.6 Å². The van der Waals surface area contributed by atoms with E-state index in [2.05, 4.69) is 4.90 Å². The Balaban J connectivity index is 1.78. The van der Waals surface area contributed by atoms with E-state index in [1.54, 1.807) is 0 Å². The second-order valence-electron chi connectivity index (χ2n) is 5.02. The normalized spacial score (nSPS) is 30.2. The van der Waals surface area contributed by atoms with E-state index in [0.717, 1.165) is 18.5 Å². The number of hydrogen-bond donors (Lipinski definition) is 1. The summed E-state index contributed by atoms with van der Waals surface area (Å²) >= 11 is 0. The number of nitrogens with zero attached hydrogens (tertiary/aromatic N) is 1. The summed E-state index contributed by atoms with van der Waals surface area (Å²) in [6.07, 6.45) is 9.87. The predicted octanol–water partition coefficient (Wildman–Crippen LogP) is 1.99. The van der Waals surface area contributed by atoms with Gasteiger partial charge in [-0.05, 0) is 51.1 Å². The fourth-order valence-corrected chi connectivity index (χ4v) is 2.83. The first-order chi connectivity index (χ1) is 6.90. The van der Waals surface area contributed by atoms with Crippen LogP contribution >= 0.6 is 0 Å². The lowest BCUT2D eigenvalue weighted by Crippen LogP contribution is -2.44. The summed E-state index contributed by atoms with van der Waals surface area (Å²) in [5.74, 6) is 1.02. The maximum Gasteiger partial charge on any atom is 0.0107 e. The monoisotopic (exact) mass is 196 g/mol. The zero-order chi connectivity index (χ0) is 9.80. The van der Waals surface area contributed by atoms with E-state index >= 15 is 0 Å². The first kappa shape index (κ1) is 10.4. The molecular formula is C12H24N2. The highest BCUT2D eigenvalue weighted by Crippen LogP contribution is 2.30. The van der Waals surface area contributed by atoms with Crippen LogP contribution in [-0.4, -0.2) is 30.6 Å². The highest BCUT2D eigenvalue weighted by Gasteiger charge is 2.26. The molecule has 2 rings (SSSR count). The Hall–Kier alpha value is -0.0800. The topological polar surface area (TPSA) is 29.3 Å². The van der Waals surface area contributed by atoms with Crippen molar-refractivity contribution in [3.63, 3.8) is 0 Å². The lowest BCUT2D eigenvalue weighted by Gasteiger charge is -2.40. The molecule has 0 spiro atoms. The van der Waals surface area contributed by atoms with E-state index in [4.69, 9.17) is 5.73 Å². The van der Waals surface area contributed by atoms with Gasteiger partial charge in [-0.2, -0.15) is 0 Å². The third-order valence-electron chi connectivity index (χ3n) is 3.97. The van der Waals surface area contributed by atoms with Gasteiger partial charge in [0.1, 0.15) is 0 Å². The molecule has 2 aliphatic rings. The Morgan fingerprint density at radius 1 is 1.07 bits per heavy atom. The van der Waals surface area contributed by atoms with Crippen LogP contribution in [-0.2, 0) is 0 Å². The van der Waals surface area contributed by atoms with Crippen molar-refractivity contribution in [2.75, 3.05) is 19.6 Å². The van der Waals surface area contributed by atoms with Crippen molar-refractivity contribution in [3.05, 3.63) is 0 Å². The fraction of sp³-hybridized carbons (Fsp3) is 1.00. The molecular weight excluding hydrogens is 172 g/mol. The minimum absolute atomic E-state index is 0.814. The molecule has 0 amide bonds. The van der Waals surface area contributed by atoms with Crippen LogP contribution in [0.25, 0.3) is 0 Å². The van der Waals surface area contributed by atoms with Gasteiger partial charge in [-0.1, -0.05) is 12.8 Å². The molecule has 1 aliphatic carbocycles. The van der Waals surface area contributed by atoms with E-state index < -0.39 is 0 Å². The molecule has 1 saturated heterocycles. The van der Waals surface area contributed by atoms with Crippen LogP contribution in [0.2, 0.25) is 0 Å². The van der Waals surface area contributed by atoms with E-state index in [9.17, 15) is 0 Å². The fourth-order valence-electron chi connectivity index (χ4n) is 2.83. The predicted molar refractivity (Wildman–Crippen MR) is 60.2 cm³/mol. The number of nitrogens with two attached hydrogens (primary N) is 1. The van der Waals surface area contributed by atoms with Crippen LogP contribution in [0.1, 0.15) is 44.9 Å². The van der Waals surface area contributed by atoms with Crippen molar-refractivity contribution in [2.24, 2.45) is 11.7 Å². The summed E-state index contributed by atoms with van der Waals surface area (Å²) in [6, 6.07) is 0.814. The minimum atomic E-state index is 0.814. The highest BCUT2D eigenvalue weighted by molar-refractivity contribution is 4.81. The van der Waals surface area contributed by atoms with Gasteiger partial charge in [-0.25, -0.2) is 0 Å². The zero-order valence-electron chi connectivity index (χ0n) is 9.25. The molecule has 0 aromatic heterocycles. The maximum absolute atomic E-state index is 5.67. The molecule has 1 unspecified atom stereocenters. The van der Waals surface area contributed by atoms with Gasteiger partial charge in [0.25, 0.3) is 0 Å². The zero-order valence-corrected chi connectivity index (χ0v) is 9.25. The molecule has 0 radical (unpaired) electrons. The van der Waals surface area contributed by atoms with Gasteiger partial charge in [0, 0.05) is 12.6 Å². The number of hydrogen-bond acceptors (Lipinski definition) is 2. The highest BCUT2D eigenvalue weighted by atomic mass is 15.2. The lowest BCUT2D eigenvalue weighted by atomic mass is 9.84. The standard InChI is InChI=1S/C12H24N2/c13-8-7-12-6-1-2-9-14(12)10-11-4-3-5-11/h11-12H,1-10,13H2. The van der Waals surface area contributed by atoms with Crippen LogP contribution in [0.4, 0.5) is 0 Å². The molecule has 2 heteroatoms. The van der Waals surface area contributed by atoms with Gasteiger partial charge in [0.05, 0.1) is 0 Å². The van der Waals surface area contributed by atoms with Crippen LogP contribution in [0.15, 0.2) is 0 Å². The second kappa shape index (κ2) is 5.13. The average Bonchev–Trinajstić information content (AvgIpc) is 2.14. The Labute approximate surface area is 87.8 Å². The molecule has 2 N–H and O–H groups in total. The Kier molecular flexibility index (Phi) is 3.82. The molecule has 1 atom stereocenters. The summed E-state index contributed by atoms with van der Waals surface area (Å²) in [7, 11) is 0. The largest absolute Gasteiger partial charge is 0.330 e. The van der Waals surface area contributed by atoms with Crippen molar-refractivity contribution in [1.29, 1.82) is 0 Å². The van der Waals surface area contributed by atoms with E-state index in [-0.39, 0.29) is 0 Å². The van der Waals surface area contributed by atoms with E-state index in [0.29, 0.717) is 0 Å². The van der Waals surface area contributed by atoms with E-state index in [1.165, 1.54) is 58.0 Å². The van der Waals surface area contributed by atoms with Gasteiger partial charge in [0.15, 0.2) is 0 Å². The third kappa shape index (κ3) is 2.48. The number of rotatable bonds is 4. The lowest BCUT2D eigenvalue weighted by molar-refractivity contribution is 0.0968. The van der Waals surface area contributed by atoms with Gasteiger partial charge >= 0.3 is 0 Å². The average molecular weight is 196 g/mol. The molecule has 14 heavy (non-hydrogen) atoms. The molecule has 2 fully saturated rings.